The largest absolute Gasteiger partial charge is 0.307 e. The van der Waals surface area contributed by atoms with Crippen molar-refractivity contribution in [2.24, 2.45) is 0 Å². The number of rotatable bonds is 4. The number of ketones is 1. The van der Waals surface area contributed by atoms with Crippen LogP contribution < -0.4 is 4.87 Å². The van der Waals surface area contributed by atoms with E-state index in [2.05, 4.69) is 0 Å². The highest BCUT2D eigenvalue weighted by molar-refractivity contribution is 7.09. The molecule has 0 unspecified atom stereocenters. The molecule has 2 rings (SSSR count). The molecule has 0 radical (unpaired) electrons. The smallest absolute Gasteiger partial charge is 0.297 e. The lowest BCUT2D eigenvalue weighted by molar-refractivity contribution is -0.119. The van der Waals surface area contributed by atoms with Crippen LogP contribution in [0, 0.1) is 19.7 Å². The van der Waals surface area contributed by atoms with Crippen molar-refractivity contribution in [2.45, 2.75) is 26.8 Å². The Balaban J connectivity index is 2.09. The van der Waals surface area contributed by atoms with Gasteiger partial charge in [0.25, 0.3) is 0 Å². The van der Waals surface area contributed by atoms with Gasteiger partial charge in [-0.3, -0.25) is 14.2 Å². The van der Waals surface area contributed by atoms with Crippen LogP contribution in [0.5, 0.6) is 0 Å². The summed E-state index contributed by atoms with van der Waals surface area (Å²) in [5.74, 6) is -0.383. The van der Waals surface area contributed by atoms with Crippen molar-refractivity contribution in [3.63, 3.8) is 0 Å². The summed E-state index contributed by atoms with van der Waals surface area (Å²) in [7, 11) is 0. The second-order valence-corrected chi connectivity index (χ2v) is 5.60. The molecule has 0 fully saturated rings. The second kappa shape index (κ2) is 5.48. The summed E-state index contributed by atoms with van der Waals surface area (Å²) in [6.07, 6.45) is 0.209. The third kappa shape index (κ3) is 3.17. The minimum Gasteiger partial charge on any atom is -0.297 e. The molecular weight excluding hydrogens is 265 g/mol. The molecule has 0 aliphatic carbocycles. The molecule has 0 amide bonds. The van der Waals surface area contributed by atoms with Crippen molar-refractivity contribution in [3.05, 3.63) is 55.9 Å². The van der Waals surface area contributed by atoms with Crippen LogP contribution in [0.4, 0.5) is 4.39 Å². The van der Waals surface area contributed by atoms with Gasteiger partial charge in [-0.25, -0.2) is 4.39 Å². The minimum absolute atomic E-state index is 0.0605. The fourth-order valence-electron chi connectivity index (χ4n) is 1.83. The molecule has 0 saturated carbocycles. The van der Waals surface area contributed by atoms with Gasteiger partial charge in [0.2, 0.25) is 0 Å². The van der Waals surface area contributed by atoms with E-state index in [-0.39, 0.29) is 29.4 Å². The molecule has 5 heteroatoms. The Bertz CT molecular complexity index is 655. The maximum atomic E-state index is 12.8. The average molecular weight is 279 g/mol. The molecule has 0 N–H and O–H groups in total. The Hall–Kier alpha value is -1.75. The molecule has 0 bridgehead atoms. The van der Waals surface area contributed by atoms with Crippen LogP contribution in [0.15, 0.2) is 29.1 Å². The summed E-state index contributed by atoms with van der Waals surface area (Å²) in [4.78, 5) is 24.4. The monoisotopic (exact) mass is 279 g/mol. The Morgan fingerprint density at radius 3 is 2.42 bits per heavy atom. The van der Waals surface area contributed by atoms with E-state index in [1.165, 1.54) is 16.7 Å². The van der Waals surface area contributed by atoms with Gasteiger partial charge in [0.15, 0.2) is 5.78 Å². The van der Waals surface area contributed by atoms with Crippen molar-refractivity contribution >= 4 is 17.1 Å². The van der Waals surface area contributed by atoms with Gasteiger partial charge < -0.3 is 0 Å². The van der Waals surface area contributed by atoms with E-state index in [9.17, 15) is 14.0 Å². The number of benzene rings is 1. The quantitative estimate of drug-likeness (QED) is 0.862. The third-order valence-corrected chi connectivity index (χ3v) is 4.02. The van der Waals surface area contributed by atoms with Crippen molar-refractivity contribution < 1.29 is 9.18 Å². The molecule has 1 heterocycles. The number of carbonyl (C=O) groups is 1. The number of thiazole rings is 1. The molecule has 19 heavy (non-hydrogen) atoms. The van der Waals surface area contributed by atoms with Gasteiger partial charge in [-0.05, 0) is 31.5 Å². The number of hydrogen-bond donors (Lipinski definition) is 0. The topological polar surface area (TPSA) is 39.1 Å². The number of aromatic nitrogens is 1. The SMILES string of the molecule is Cc1sc(=O)n(CC(=O)Cc2ccc(F)cc2)c1C. The highest BCUT2D eigenvalue weighted by atomic mass is 32.1. The van der Waals surface area contributed by atoms with Crippen LogP contribution in [0.1, 0.15) is 16.1 Å². The van der Waals surface area contributed by atoms with Crippen LogP contribution in [-0.2, 0) is 17.8 Å². The summed E-state index contributed by atoms with van der Waals surface area (Å²) in [6, 6.07) is 5.83. The molecule has 0 atom stereocenters. The van der Waals surface area contributed by atoms with Gasteiger partial charge in [-0.2, -0.15) is 0 Å². The van der Waals surface area contributed by atoms with E-state index in [1.807, 2.05) is 13.8 Å². The Kier molecular flexibility index (Phi) is 3.95. The highest BCUT2D eigenvalue weighted by Gasteiger charge is 2.11. The standard InChI is InChI=1S/C14H14FNO2S/c1-9-10(2)19-14(18)16(9)8-13(17)7-11-3-5-12(15)6-4-11/h3-6H,7-8H2,1-2H3. The zero-order valence-electron chi connectivity index (χ0n) is 10.8. The van der Waals surface area contributed by atoms with Crippen molar-refractivity contribution in [3.8, 4) is 0 Å². The van der Waals surface area contributed by atoms with Crippen LogP contribution in [0.3, 0.4) is 0 Å². The Morgan fingerprint density at radius 1 is 1.26 bits per heavy atom. The molecule has 0 aliphatic rings. The highest BCUT2D eigenvalue weighted by Crippen LogP contribution is 2.10. The van der Waals surface area contributed by atoms with E-state index in [4.69, 9.17) is 0 Å². The lowest BCUT2D eigenvalue weighted by Gasteiger charge is -2.04. The molecule has 1 aromatic carbocycles. The molecule has 0 saturated heterocycles. The molecule has 1 aromatic heterocycles. The number of aryl methyl sites for hydroxylation is 1. The lowest BCUT2D eigenvalue weighted by Crippen LogP contribution is -2.21. The van der Waals surface area contributed by atoms with Gasteiger partial charge in [-0.15, -0.1) is 0 Å². The van der Waals surface area contributed by atoms with Crippen LogP contribution >= 0.6 is 11.3 Å². The van der Waals surface area contributed by atoms with Gasteiger partial charge in [0, 0.05) is 17.0 Å². The zero-order chi connectivity index (χ0) is 14.0. The molecule has 0 aliphatic heterocycles. The fourth-order valence-corrected chi connectivity index (χ4v) is 2.66. The first-order chi connectivity index (χ1) is 8.97. The number of carbonyl (C=O) groups excluding carboxylic acids is 1. The average Bonchev–Trinajstić information content (AvgIpc) is 2.59. The van der Waals surface area contributed by atoms with Crippen LogP contribution in [0.2, 0.25) is 0 Å². The molecule has 100 valence electrons. The number of nitrogens with zero attached hydrogens (tertiary/aromatic N) is 1. The summed E-state index contributed by atoms with van der Waals surface area (Å²) in [6.45, 7) is 3.77. The van der Waals surface area contributed by atoms with E-state index in [1.54, 1.807) is 12.1 Å². The molecular formula is C14H14FNO2S. The Labute approximate surface area is 114 Å². The second-order valence-electron chi connectivity index (χ2n) is 4.44. The first kappa shape index (κ1) is 13.7. The summed E-state index contributed by atoms with van der Waals surface area (Å²) in [5, 5.41) is 0. The van der Waals surface area contributed by atoms with Gasteiger partial charge >= 0.3 is 4.87 Å². The van der Waals surface area contributed by atoms with E-state index in [0.29, 0.717) is 0 Å². The van der Waals surface area contributed by atoms with E-state index < -0.39 is 0 Å². The predicted molar refractivity (Wildman–Crippen MR) is 73.2 cm³/mol. The van der Waals surface area contributed by atoms with Crippen molar-refractivity contribution in [1.82, 2.24) is 4.57 Å². The van der Waals surface area contributed by atoms with Crippen molar-refractivity contribution in [2.75, 3.05) is 0 Å². The van der Waals surface area contributed by atoms with Gasteiger partial charge in [0.1, 0.15) is 5.82 Å². The summed E-state index contributed by atoms with van der Waals surface area (Å²) >= 11 is 1.15. The first-order valence-corrected chi connectivity index (χ1v) is 6.72. The first-order valence-electron chi connectivity index (χ1n) is 5.90. The Morgan fingerprint density at radius 2 is 1.89 bits per heavy atom. The zero-order valence-corrected chi connectivity index (χ0v) is 11.6. The van der Waals surface area contributed by atoms with E-state index in [0.717, 1.165) is 27.5 Å². The van der Waals surface area contributed by atoms with E-state index >= 15 is 0 Å². The molecule has 2 aromatic rings. The normalized spacial score (nSPS) is 10.7. The maximum Gasteiger partial charge on any atom is 0.307 e. The molecule has 0 spiro atoms. The van der Waals surface area contributed by atoms with Crippen molar-refractivity contribution in [1.29, 1.82) is 0 Å². The van der Waals surface area contributed by atoms with Crippen LogP contribution in [-0.4, -0.2) is 10.4 Å². The number of Topliss-reactive ketones (excluding diaryl/α,β-unsaturated/α-hetero) is 1. The number of halogens is 1. The summed E-state index contributed by atoms with van der Waals surface area (Å²) in [5.41, 5.74) is 1.59. The predicted octanol–water partition coefficient (Wildman–Crippen LogP) is 2.48. The van der Waals surface area contributed by atoms with Gasteiger partial charge in [0.05, 0.1) is 6.54 Å². The third-order valence-electron chi connectivity index (χ3n) is 3.02. The fraction of sp³-hybridized carbons (Fsp3) is 0.286. The number of hydrogen-bond acceptors (Lipinski definition) is 3. The van der Waals surface area contributed by atoms with Gasteiger partial charge in [-0.1, -0.05) is 23.5 Å². The minimum atomic E-state index is -0.322. The van der Waals surface area contributed by atoms with Crippen LogP contribution in [0.25, 0.3) is 0 Å². The maximum absolute atomic E-state index is 12.8. The molecule has 3 nitrogen and oxygen atoms in total. The lowest BCUT2D eigenvalue weighted by atomic mass is 10.1. The summed E-state index contributed by atoms with van der Waals surface area (Å²) < 4.78 is 14.2.